The van der Waals surface area contributed by atoms with Crippen molar-refractivity contribution in [2.75, 3.05) is 52.5 Å². The predicted molar refractivity (Wildman–Crippen MR) is 107 cm³/mol. The molecule has 1 aromatic rings. The number of piperazine rings is 1. The maximum absolute atomic E-state index is 13.1. The molecule has 0 saturated carbocycles. The highest BCUT2D eigenvalue weighted by molar-refractivity contribution is 5.94. The highest BCUT2D eigenvalue weighted by Gasteiger charge is 2.54. The van der Waals surface area contributed by atoms with Gasteiger partial charge in [-0.1, -0.05) is 39.0 Å². The van der Waals surface area contributed by atoms with Gasteiger partial charge in [-0.15, -0.1) is 0 Å². The standard InChI is InChI=1S/C22H33N3O2/c1-21(2,3)9-10-23-15-22(16-23)17-24(13-19-14-27-12-11-25(19)22)20(26)18-7-5-4-6-8-18/h4-8,19H,9-17H2,1-3H3/t19-/m1/s1. The molecule has 5 nitrogen and oxygen atoms in total. The third-order valence-corrected chi connectivity index (χ3v) is 6.27. The molecular weight excluding hydrogens is 338 g/mol. The number of rotatable bonds is 3. The molecule has 27 heavy (non-hydrogen) atoms. The van der Waals surface area contributed by atoms with Crippen LogP contribution < -0.4 is 0 Å². The van der Waals surface area contributed by atoms with Gasteiger partial charge in [0, 0.05) is 38.3 Å². The minimum atomic E-state index is 0.106. The second kappa shape index (κ2) is 7.19. The van der Waals surface area contributed by atoms with E-state index >= 15 is 0 Å². The molecule has 3 aliphatic heterocycles. The fraction of sp³-hybridized carbons (Fsp3) is 0.682. The zero-order valence-corrected chi connectivity index (χ0v) is 17.0. The molecule has 0 unspecified atom stereocenters. The fourth-order valence-electron chi connectivity index (χ4n) is 4.83. The van der Waals surface area contributed by atoms with Gasteiger partial charge in [0.2, 0.25) is 0 Å². The SMILES string of the molecule is CC(C)(C)CCN1CC2(C1)CN(C(=O)c1ccccc1)C[C@@H]1COCCN12. The van der Waals surface area contributed by atoms with Crippen LogP contribution in [-0.2, 0) is 4.74 Å². The molecule has 0 aliphatic carbocycles. The molecule has 0 N–H and O–H groups in total. The normalized spacial score (nSPS) is 25.9. The number of fused-ring (bicyclic) bond motifs is 2. The predicted octanol–water partition coefficient (Wildman–Crippen LogP) is 2.33. The maximum atomic E-state index is 13.1. The van der Waals surface area contributed by atoms with Crippen molar-refractivity contribution in [2.45, 2.75) is 38.8 Å². The van der Waals surface area contributed by atoms with Gasteiger partial charge in [0.05, 0.1) is 24.8 Å². The van der Waals surface area contributed by atoms with Crippen LogP contribution in [0.1, 0.15) is 37.6 Å². The van der Waals surface area contributed by atoms with Crippen molar-refractivity contribution in [3.8, 4) is 0 Å². The van der Waals surface area contributed by atoms with Gasteiger partial charge >= 0.3 is 0 Å². The minimum absolute atomic E-state index is 0.106. The van der Waals surface area contributed by atoms with Crippen molar-refractivity contribution in [3.63, 3.8) is 0 Å². The Morgan fingerprint density at radius 1 is 1.19 bits per heavy atom. The lowest BCUT2D eigenvalue weighted by molar-refractivity contribution is -0.159. The van der Waals surface area contributed by atoms with Crippen molar-refractivity contribution < 1.29 is 9.53 Å². The van der Waals surface area contributed by atoms with Crippen molar-refractivity contribution in [2.24, 2.45) is 5.41 Å². The second-order valence-electron chi connectivity index (χ2n) is 9.72. The molecule has 148 valence electrons. The van der Waals surface area contributed by atoms with E-state index in [4.69, 9.17) is 4.74 Å². The Kier molecular flexibility index (Phi) is 5.04. The third kappa shape index (κ3) is 3.91. The quantitative estimate of drug-likeness (QED) is 0.817. The maximum Gasteiger partial charge on any atom is 0.253 e. The zero-order valence-electron chi connectivity index (χ0n) is 17.0. The van der Waals surface area contributed by atoms with Crippen molar-refractivity contribution >= 4 is 5.91 Å². The average molecular weight is 372 g/mol. The van der Waals surface area contributed by atoms with Crippen LogP contribution in [0, 0.1) is 5.41 Å². The van der Waals surface area contributed by atoms with Gasteiger partial charge in [-0.05, 0) is 30.5 Å². The van der Waals surface area contributed by atoms with E-state index < -0.39 is 0 Å². The van der Waals surface area contributed by atoms with Crippen molar-refractivity contribution in [1.82, 2.24) is 14.7 Å². The zero-order chi connectivity index (χ0) is 19.1. The van der Waals surface area contributed by atoms with Gasteiger partial charge < -0.3 is 9.64 Å². The molecule has 3 aliphatic rings. The van der Waals surface area contributed by atoms with E-state index in [0.29, 0.717) is 11.5 Å². The van der Waals surface area contributed by atoms with Gasteiger partial charge in [0.1, 0.15) is 0 Å². The van der Waals surface area contributed by atoms with E-state index in [2.05, 4.69) is 35.5 Å². The molecule has 3 saturated heterocycles. The summed E-state index contributed by atoms with van der Waals surface area (Å²) in [6.07, 6.45) is 1.21. The number of ether oxygens (including phenoxy) is 1. The van der Waals surface area contributed by atoms with E-state index in [1.807, 2.05) is 30.3 Å². The lowest BCUT2D eigenvalue weighted by Crippen LogP contribution is -2.81. The molecule has 3 heterocycles. The van der Waals surface area contributed by atoms with Crippen LogP contribution in [0.4, 0.5) is 0 Å². The number of nitrogens with zero attached hydrogens (tertiary/aromatic N) is 3. The molecule has 5 heteroatoms. The number of likely N-dealkylation sites (tertiary alicyclic amines) is 1. The van der Waals surface area contributed by atoms with E-state index in [1.165, 1.54) is 6.42 Å². The molecule has 4 rings (SSSR count). The van der Waals surface area contributed by atoms with E-state index in [0.717, 1.165) is 58.0 Å². The molecule has 1 atom stereocenters. The topological polar surface area (TPSA) is 36.0 Å². The van der Waals surface area contributed by atoms with E-state index in [1.54, 1.807) is 0 Å². The third-order valence-electron chi connectivity index (χ3n) is 6.27. The van der Waals surface area contributed by atoms with Gasteiger partial charge in [-0.3, -0.25) is 14.6 Å². The number of hydrogen-bond donors (Lipinski definition) is 0. The summed E-state index contributed by atoms with van der Waals surface area (Å²) in [4.78, 5) is 20.4. The van der Waals surface area contributed by atoms with Gasteiger partial charge in [-0.25, -0.2) is 0 Å². The Bertz CT molecular complexity index is 664. The largest absolute Gasteiger partial charge is 0.378 e. The molecule has 1 spiro atoms. The second-order valence-corrected chi connectivity index (χ2v) is 9.72. The van der Waals surface area contributed by atoms with Crippen LogP contribution in [0.25, 0.3) is 0 Å². The summed E-state index contributed by atoms with van der Waals surface area (Å²) in [6.45, 7) is 14.4. The molecule has 0 aromatic heterocycles. The first-order valence-corrected chi connectivity index (χ1v) is 10.3. The number of benzene rings is 1. The summed E-state index contributed by atoms with van der Waals surface area (Å²) < 4.78 is 5.76. The van der Waals surface area contributed by atoms with Crippen LogP contribution in [0.15, 0.2) is 30.3 Å². The number of carbonyl (C=O) groups excluding carboxylic acids is 1. The number of hydrogen-bond acceptors (Lipinski definition) is 4. The molecule has 0 radical (unpaired) electrons. The van der Waals surface area contributed by atoms with E-state index in [-0.39, 0.29) is 11.4 Å². The van der Waals surface area contributed by atoms with Crippen LogP contribution in [-0.4, -0.2) is 84.7 Å². The van der Waals surface area contributed by atoms with Gasteiger partial charge in [-0.2, -0.15) is 0 Å². The van der Waals surface area contributed by atoms with Crippen LogP contribution in [0.5, 0.6) is 0 Å². The van der Waals surface area contributed by atoms with Crippen LogP contribution >= 0.6 is 0 Å². The van der Waals surface area contributed by atoms with Crippen molar-refractivity contribution in [3.05, 3.63) is 35.9 Å². The molecule has 1 aromatic carbocycles. The number of carbonyl (C=O) groups is 1. The summed E-state index contributed by atoms with van der Waals surface area (Å²) in [5.74, 6) is 0.160. The number of amides is 1. The summed E-state index contributed by atoms with van der Waals surface area (Å²) in [6, 6.07) is 10.0. The Morgan fingerprint density at radius 2 is 1.93 bits per heavy atom. The first-order chi connectivity index (χ1) is 12.9. The Balaban J connectivity index is 1.47. The van der Waals surface area contributed by atoms with Crippen LogP contribution in [0.2, 0.25) is 0 Å². The Hall–Kier alpha value is -1.43. The summed E-state index contributed by atoms with van der Waals surface area (Å²) in [7, 11) is 0. The van der Waals surface area contributed by atoms with Gasteiger partial charge in [0.25, 0.3) is 5.91 Å². The number of morpholine rings is 1. The Labute approximate surface area is 163 Å². The Morgan fingerprint density at radius 3 is 2.63 bits per heavy atom. The van der Waals surface area contributed by atoms with Crippen molar-refractivity contribution in [1.29, 1.82) is 0 Å². The highest BCUT2D eigenvalue weighted by Crippen LogP contribution is 2.36. The first-order valence-electron chi connectivity index (χ1n) is 10.3. The molecular formula is C22H33N3O2. The molecule has 3 fully saturated rings. The lowest BCUT2D eigenvalue weighted by atomic mass is 9.81. The first kappa shape index (κ1) is 18.9. The fourth-order valence-corrected chi connectivity index (χ4v) is 4.83. The molecule has 0 bridgehead atoms. The van der Waals surface area contributed by atoms with Crippen LogP contribution in [0.3, 0.4) is 0 Å². The smallest absolute Gasteiger partial charge is 0.253 e. The lowest BCUT2D eigenvalue weighted by Gasteiger charge is -2.63. The monoisotopic (exact) mass is 371 g/mol. The van der Waals surface area contributed by atoms with Gasteiger partial charge in [0.15, 0.2) is 0 Å². The summed E-state index contributed by atoms with van der Waals surface area (Å²) in [5.41, 5.74) is 1.27. The highest BCUT2D eigenvalue weighted by atomic mass is 16.5. The summed E-state index contributed by atoms with van der Waals surface area (Å²) >= 11 is 0. The molecule has 1 amide bonds. The minimum Gasteiger partial charge on any atom is -0.378 e. The average Bonchev–Trinajstić information content (AvgIpc) is 2.63. The summed E-state index contributed by atoms with van der Waals surface area (Å²) in [5, 5.41) is 0. The van der Waals surface area contributed by atoms with E-state index in [9.17, 15) is 4.79 Å².